The van der Waals surface area contributed by atoms with Gasteiger partial charge in [-0.1, -0.05) is 26.0 Å². The maximum Gasteiger partial charge on any atom is 0.255 e. The third-order valence-corrected chi connectivity index (χ3v) is 9.15. The Kier molecular flexibility index (Phi) is 10.6. The average Bonchev–Trinajstić information content (AvgIpc) is 3.57. The molecule has 0 atom stereocenters. The van der Waals surface area contributed by atoms with Crippen LogP contribution in [0.15, 0.2) is 91.0 Å². The number of aromatic nitrogens is 2. The normalized spacial score (nSPS) is 15.4. The Morgan fingerprint density at radius 3 is 1.57 bits per heavy atom. The number of imidazole rings is 1. The molecule has 2 aliphatic heterocycles. The molecule has 0 aliphatic carbocycles. The van der Waals surface area contributed by atoms with E-state index in [9.17, 15) is 9.59 Å². The van der Waals surface area contributed by atoms with Gasteiger partial charge in [-0.2, -0.15) is 0 Å². The Morgan fingerprint density at radius 1 is 0.592 bits per heavy atom. The molecule has 0 unspecified atom stereocenters. The lowest BCUT2D eigenvalue weighted by Crippen LogP contribution is -2.44. The number of rotatable bonds is 7. The zero-order valence-electron chi connectivity index (χ0n) is 28.9. The Balaban J connectivity index is 0.00000205. The van der Waals surface area contributed by atoms with Crippen LogP contribution >= 0.6 is 0 Å². The highest BCUT2D eigenvalue weighted by Crippen LogP contribution is 2.25. The lowest BCUT2D eigenvalue weighted by atomic mass is 10.1. The van der Waals surface area contributed by atoms with E-state index in [1.165, 1.54) is 5.69 Å². The van der Waals surface area contributed by atoms with Gasteiger partial charge in [0.2, 0.25) is 0 Å². The number of hydrogen-bond acceptors (Lipinski definition) is 7. The monoisotopic (exact) mass is 658 g/mol. The topological polar surface area (TPSA) is 99.8 Å². The number of likely N-dealkylation sites (N-methyl/N-ethyl adjacent to an activating group) is 2. The van der Waals surface area contributed by atoms with Crippen LogP contribution in [-0.2, 0) is 0 Å². The second kappa shape index (κ2) is 15.4. The first-order valence-corrected chi connectivity index (χ1v) is 17.2. The van der Waals surface area contributed by atoms with Crippen molar-refractivity contribution in [3.05, 3.63) is 102 Å². The maximum atomic E-state index is 13.0. The first-order chi connectivity index (χ1) is 23.9. The van der Waals surface area contributed by atoms with Gasteiger partial charge < -0.3 is 35.2 Å². The highest BCUT2D eigenvalue weighted by atomic mass is 16.2. The summed E-state index contributed by atoms with van der Waals surface area (Å²) < 4.78 is 0. The van der Waals surface area contributed by atoms with Crippen LogP contribution in [0.3, 0.4) is 0 Å². The first-order valence-electron chi connectivity index (χ1n) is 17.2. The summed E-state index contributed by atoms with van der Waals surface area (Å²) in [6, 6.07) is 28.8. The molecule has 49 heavy (non-hydrogen) atoms. The van der Waals surface area contributed by atoms with E-state index in [0.29, 0.717) is 22.6 Å². The molecule has 4 aromatic carbocycles. The Morgan fingerprint density at radius 2 is 1.04 bits per heavy atom. The average molecular weight is 659 g/mol. The summed E-state index contributed by atoms with van der Waals surface area (Å²) in [5.41, 5.74) is 7.40. The summed E-state index contributed by atoms with van der Waals surface area (Å²) in [6.07, 6.45) is 0. The second-order valence-corrected chi connectivity index (χ2v) is 12.5. The zero-order chi connectivity index (χ0) is 34.3. The molecule has 0 bridgehead atoms. The number of fused-ring (bicyclic) bond motifs is 1. The second-order valence-electron chi connectivity index (χ2n) is 12.5. The molecule has 0 spiro atoms. The summed E-state index contributed by atoms with van der Waals surface area (Å²) in [5, 5.41) is 6.01. The predicted molar refractivity (Wildman–Crippen MR) is 201 cm³/mol. The molecule has 2 amide bonds. The molecule has 10 heteroatoms. The van der Waals surface area contributed by atoms with Crippen LogP contribution in [0.25, 0.3) is 22.4 Å². The van der Waals surface area contributed by atoms with Crippen molar-refractivity contribution in [3.8, 4) is 11.4 Å². The van der Waals surface area contributed by atoms with E-state index in [1.54, 1.807) is 12.1 Å². The quantitative estimate of drug-likeness (QED) is 0.190. The van der Waals surface area contributed by atoms with Crippen LogP contribution in [0.5, 0.6) is 0 Å². The fraction of sp³-hybridized carbons (Fsp3) is 0.308. The summed E-state index contributed by atoms with van der Waals surface area (Å²) in [7, 11) is 4.29. The molecular formula is C39H46N8O2. The zero-order valence-corrected chi connectivity index (χ0v) is 28.9. The Hall–Kier alpha value is -5.19. The first kappa shape index (κ1) is 33.7. The number of H-pyrrole nitrogens is 1. The van der Waals surface area contributed by atoms with Crippen molar-refractivity contribution in [1.29, 1.82) is 0 Å². The van der Waals surface area contributed by atoms with E-state index in [4.69, 9.17) is 4.98 Å². The molecule has 0 radical (unpaired) electrons. The van der Waals surface area contributed by atoms with E-state index in [1.807, 2.05) is 80.6 Å². The molecule has 2 saturated heterocycles. The van der Waals surface area contributed by atoms with Gasteiger partial charge in [-0.3, -0.25) is 9.59 Å². The molecule has 3 heterocycles. The van der Waals surface area contributed by atoms with Gasteiger partial charge in [0.1, 0.15) is 5.82 Å². The van der Waals surface area contributed by atoms with Crippen LogP contribution in [0, 0.1) is 0 Å². The summed E-state index contributed by atoms with van der Waals surface area (Å²) >= 11 is 0. The van der Waals surface area contributed by atoms with Crippen LogP contribution < -0.4 is 20.4 Å². The van der Waals surface area contributed by atoms with E-state index in [-0.39, 0.29) is 11.8 Å². The van der Waals surface area contributed by atoms with Gasteiger partial charge in [0, 0.05) is 91.8 Å². The molecule has 2 aliphatic rings. The number of anilines is 4. The van der Waals surface area contributed by atoms with Crippen LogP contribution in [0.2, 0.25) is 0 Å². The lowest BCUT2D eigenvalue weighted by Gasteiger charge is -2.34. The highest BCUT2D eigenvalue weighted by molar-refractivity contribution is 6.05. The van der Waals surface area contributed by atoms with Gasteiger partial charge in [0.25, 0.3) is 11.8 Å². The molecule has 0 saturated carbocycles. The molecule has 1 aromatic heterocycles. The van der Waals surface area contributed by atoms with Gasteiger partial charge >= 0.3 is 0 Å². The summed E-state index contributed by atoms with van der Waals surface area (Å²) in [5.74, 6) is 0.367. The Labute approximate surface area is 288 Å². The van der Waals surface area contributed by atoms with Crippen molar-refractivity contribution in [2.75, 3.05) is 86.9 Å². The third kappa shape index (κ3) is 8.10. The Bertz CT molecular complexity index is 1850. The number of aromatic amines is 1. The molecular weight excluding hydrogens is 612 g/mol. The number of hydrogen-bond donors (Lipinski definition) is 3. The third-order valence-electron chi connectivity index (χ3n) is 9.15. The minimum absolute atomic E-state index is 0.158. The van der Waals surface area contributed by atoms with E-state index in [0.717, 1.165) is 80.3 Å². The minimum atomic E-state index is -0.164. The van der Waals surface area contributed by atoms with Crippen LogP contribution in [0.4, 0.5) is 22.7 Å². The molecule has 7 rings (SSSR count). The van der Waals surface area contributed by atoms with E-state index >= 15 is 0 Å². The number of carbonyl (C=O) groups excluding carboxylic acids is 2. The fourth-order valence-corrected chi connectivity index (χ4v) is 6.12. The molecule has 10 nitrogen and oxygen atoms in total. The van der Waals surface area contributed by atoms with Crippen LogP contribution in [-0.4, -0.2) is 98.0 Å². The molecule has 5 aromatic rings. The summed E-state index contributed by atoms with van der Waals surface area (Å²) in [6.45, 7) is 12.2. The van der Waals surface area contributed by atoms with Crippen LogP contribution in [0.1, 0.15) is 34.6 Å². The number of amides is 2. The molecule has 2 fully saturated rings. The van der Waals surface area contributed by atoms with Gasteiger partial charge in [0.05, 0.1) is 11.0 Å². The standard InChI is InChI=1S/C37H40N8O2.C2H6/c1-42-17-21-44(22-18-42)31-12-7-28(8-13-31)37(47)39-30-11-16-33-34(25-30)41-35(40-33)26-3-5-27(6-4-26)36(46)38-29-9-14-32(15-10-29)45-23-19-43(2)20-24-45;1-2/h3-16,25H,17-24H2,1-2H3,(H,38,46)(H,39,47)(H,40,41);1-2H3. The number of carbonyl (C=O) groups is 2. The van der Waals surface area contributed by atoms with Gasteiger partial charge in [-0.15, -0.1) is 0 Å². The smallest absolute Gasteiger partial charge is 0.255 e. The number of benzene rings is 4. The predicted octanol–water partition coefficient (Wildman–Crippen LogP) is 6.26. The summed E-state index contributed by atoms with van der Waals surface area (Å²) in [4.78, 5) is 43.4. The fourth-order valence-electron chi connectivity index (χ4n) is 6.12. The molecule has 254 valence electrons. The van der Waals surface area contributed by atoms with Crippen molar-refractivity contribution >= 4 is 45.6 Å². The molecule has 3 N–H and O–H groups in total. The van der Waals surface area contributed by atoms with Gasteiger partial charge in [0.15, 0.2) is 0 Å². The minimum Gasteiger partial charge on any atom is -0.369 e. The SMILES string of the molecule is CC.CN1CCN(c2ccc(NC(=O)c3ccc(-c4nc5ccc(NC(=O)c6ccc(N7CCN(C)CC7)cc6)cc5[nH]4)cc3)cc2)CC1. The lowest BCUT2D eigenvalue weighted by molar-refractivity contribution is 0.101. The van der Waals surface area contributed by atoms with Crippen molar-refractivity contribution in [2.24, 2.45) is 0 Å². The number of piperazine rings is 2. The van der Waals surface area contributed by atoms with E-state index in [2.05, 4.69) is 61.4 Å². The highest BCUT2D eigenvalue weighted by Gasteiger charge is 2.17. The number of nitrogens with one attached hydrogen (secondary N) is 3. The largest absolute Gasteiger partial charge is 0.369 e. The van der Waals surface area contributed by atoms with Crippen molar-refractivity contribution in [2.45, 2.75) is 13.8 Å². The van der Waals surface area contributed by atoms with E-state index < -0.39 is 0 Å². The van der Waals surface area contributed by atoms with Gasteiger partial charge in [-0.25, -0.2) is 4.98 Å². The van der Waals surface area contributed by atoms with Crippen molar-refractivity contribution in [1.82, 2.24) is 19.8 Å². The van der Waals surface area contributed by atoms with Gasteiger partial charge in [-0.05, 0) is 93.0 Å². The van der Waals surface area contributed by atoms with Crippen molar-refractivity contribution < 1.29 is 9.59 Å². The number of nitrogens with zero attached hydrogens (tertiary/aromatic N) is 5. The maximum absolute atomic E-state index is 13.0. The van der Waals surface area contributed by atoms with Crippen molar-refractivity contribution in [3.63, 3.8) is 0 Å².